The molecule has 3 heteroatoms. The Hall–Kier alpha value is 0.270. The second-order valence-electron chi connectivity index (χ2n) is 5.71. The number of thiol groups is 1. The maximum atomic E-state index is 5.28. The summed E-state index contributed by atoms with van der Waals surface area (Å²) in [5.74, 6) is 1.83. The molecule has 0 spiro atoms. The normalized spacial score (nSPS) is 30.0. The summed E-state index contributed by atoms with van der Waals surface area (Å²) in [7, 11) is 1.82. The van der Waals surface area contributed by atoms with Crippen molar-refractivity contribution in [2.45, 2.75) is 32.1 Å². The number of piperidine rings is 1. The van der Waals surface area contributed by atoms with Crippen LogP contribution < -0.4 is 0 Å². The van der Waals surface area contributed by atoms with Gasteiger partial charge in [-0.2, -0.15) is 12.6 Å². The van der Waals surface area contributed by atoms with E-state index < -0.39 is 0 Å². The monoisotopic (exact) mass is 243 g/mol. The standard InChI is InChI=1S/C13H25NOS/c1-15-9-12-4-2-7-14(8-12)10-13(11-16)5-3-6-13/h12,16H,2-11H2,1H3. The highest BCUT2D eigenvalue weighted by atomic mass is 32.1. The molecule has 1 heterocycles. The maximum absolute atomic E-state index is 5.28. The molecule has 0 aromatic heterocycles. The Balaban J connectivity index is 1.80. The molecule has 1 saturated carbocycles. The molecule has 1 unspecified atom stereocenters. The topological polar surface area (TPSA) is 12.5 Å². The molecular formula is C13H25NOS. The predicted molar refractivity (Wildman–Crippen MR) is 71.2 cm³/mol. The lowest BCUT2D eigenvalue weighted by Crippen LogP contribution is -2.47. The SMILES string of the molecule is COCC1CCCN(CC2(CS)CCC2)C1. The van der Waals surface area contributed by atoms with Crippen LogP contribution in [0.4, 0.5) is 0 Å². The molecular weight excluding hydrogens is 218 g/mol. The van der Waals surface area contributed by atoms with E-state index >= 15 is 0 Å². The zero-order valence-electron chi connectivity index (χ0n) is 10.5. The first-order valence-corrected chi connectivity index (χ1v) is 7.23. The van der Waals surface area contributed by atoms with Gasteiger partial charge in [-0.15, -0.1) is 0 Å². The Labute approximate surface area is 105 Å². The van der Waals surface area contributed by atoms with Gasteiger partial charge in [0.15, 0.2) is 0 Å². The van der Waals surface area contributed by atoms with E-state index in [2.05, 4.69) is 17.5 Å². The van der Waals surface area contributed by atoms with Crippen LogP contribution in [0.15, 0.2) is 0 Å². The second kappa shape index (κ2) is 5.74. The molecule has 2 aliphatic rings. The molecule has 0 radical (unpaired) electrons. The smallest absolute Gasteiger partial charge is 0.0502 e. The van der Waals surface area contributed by atoms with Gasteiger partial charge in [-0.3, -0.25) is 0 Å². The minimum Gasteiger partial charge on any atom is -0.384 e. The van der Waals surface area contributed by atoms with Gasteiger partial charge < -0.3 is 9.64 Å². The number of methoxy groups -OCH3 is 1. The van der Waals surface area contributed by atoms with E-state index in [0.29, 0.717) is 5.41 Å². The Kier molecular flexibility index (Phi) is 4.57. The third-order valence-electron chi connectivity index (χ3n) is 4.31. The van der Waals surface area contributed by atoms with Gasteiger partial charge in [-0.05, 0) is 49.3 Å². The molecule has 1 aliphatic heterocycles. The van der Waals surface area contributed by atoms with Gasteiger partial charge in [0.2, 0.25) is 0 Å². The molecule has 94 valence electrons. The van der Waals surface area contributed by atoms with Crippen molar-refractivity contribution in [3.63, 3.8) is 0 Å². The van der Waals surface area contributed by atoms with Crippen LogP contribution in [0, 0.1) is 11.3 Å². The van der Waals surface area contributed by atoms with Crippen LogP contribution in [0.5, 0.6) is 0 Å². The van der Waals surface area contributed by atoms with Crippen molar-refractivity contribution in [3.8, 4) is 0 Å². The summed E-state index contributed by atoms with van der Waals surface area (Å²) < 4.78 is 5.28. The van der Waals surface area contributed by atoms with Crippen LogP contribution in [0.1, 0.15) is 32.1 Å². The van der Waals surface area contributed by atoms with Crippen molar-refractivity contribution >= 4 is 12.6 Å². The summed E-state index contributed by atoms with van der Waals surface area (Å²) in [4.78, 5) is 2.66. The number of ether oxygens (including phenoxy) is 1. The average Bonchev–Trinajstić information content (AvgIpc) is 2.25. The van der Waals surface area contributed by atoms with Gasteiger partial charge in [0.25, 0.3) is 0 Å². The van der Waals surface area contributed by atoms with Gasteiger partial charge in [-0.1, -0.05) is 6.42 Å². The Bertz CT molecular complexity index is 210. The highest BCUT2D eigenvalue weighted by Crippen LogP contribution is 2.42. The molecule has 2 fully saturated rings. The number of hydrogen-bond donors (Lipinski definition) is 1. The van der Waals surface area contributed by atoms with E-state index in [9.17, 15) is 0 Å². The molecule has 0 N–H and O–H groups in total. The minimum atomic E-state index is 0.554. The number of likely N-dealkylation sites (tertiary alicyclic amines) is 1. The third-order valence-corrected chi connectivity index (χ3v) is 4.98. The van der Waals surface area contributed by atoms with Crippen molar-refractivity contribution < 1.29 is 4.74 Å². The molecule has 1 saturated heterocycles. The van der Waals surface area contributed by atoms with E-state index in [4.69, 9.17) is 4.74 Å². The highest BCUT2D eigenvalue weighted by molar-refractivity contribution is 7.80. The van der Waals surface area contributed by atoms with Crippen molar-refractivity contribution in [2.75, 3.05) is 39.1 Å². The van der Waals surface area contributed by atoms with Gasteiger partial charge in [0.05, 0.1) is 6.61 Å². The fraction of sp³-hybridized carbons (Fsp3) is 1.00. The zero-order valence-corrected chi connectivity index (χ0v) is 11.3. The lowest BCUT2D eigenvalue weighted by molar-refractivity contribution is 0.0411. The molecule has 0 amide bonds. The summed E-state index contributed by atoms with van der Waals surface area (Å²) in [6.45, 7) is 4.74. The molecule has 2 rings (SSSR count). The van der Waals surface area contributed by atoms with Crippen LogP contribution in [-0.4, -0.2) is 44.0 Å². The first-order valence-electron chi connectivity index (χ1n) is 6.60. The van der Waals surface area contributed by atoms with E-state index in [1.54, 1.807) is 0 Å². The van der Waals surface area contributed by atoms with Gasteiger partial charge >= 0.3 is 0 Å². The molecule has 0 aromatic carbocycles. The van der Waals surface area contributed by atoms with Crippen LogP contribution in [0.3, 0.4) is 0 Å². The van der Waals surface area contributed by atoms with Crippen LogP contribution in [0.2, 0.25) is 0 Å². The Morgan fingerprint density at radius 1 is 1.38 bits per heavy atom. The van der Waals surface area contributed by atoms with Crippen molar-refractivity contribution in [2.24, 2.45) is 11.3 Å². The van der Waals surface area contributed by atoms with Gasteiger partial charge in [0, 0.05) is 20.2 Å². The molecule has 1 aliphatic carbocycles. The molecule has 2 nitrogen and oxygen atoms in total. The summed E-state index contributed by atoms with van der Waals surface area (Å²) in [6.07, 6.45) is 6.88. The largest absolute Gasteiger partial charge is 0.384 e. The number of rotatable bonds is 5. The zero-order chi connectivity index (χ0) is 11.4. The second-order valence-corrected chi connectivity index (χ2v) is 6.03. The molecule has 1 atom stereocenters. The third kappa shape index (κ3) is 2.93. The first kappa shape index (κ1) is 12.7. The van der Waals surface area contributed by atoms with Gasteiger partial charge in [-0.25, -0.2) is 0 Å². The first-order chi connectivity index (χ1) is 7.78. The molecule has 0 bridgehead atoms. The van der Waals surface area contributed by atoms with E-state index in [1.807, 2.05) is 7.11 Å². The lowest BCUT2D eigenvalue weighted by Gasteiger charge is -2.46. The minimum absolute atomic E-state index is 0.554. The van der Waals surface area contributed by atoms with Crippen LogP contribution >= 0.6 is 12.6 Å². The molecule has 16 heavy (non-hydrogen) atoms. The summed E-state index contributed by atoms with van der Waals surface area (Å²) in [5.41, 5.74) is 0.554. The summed E-state index contributed by atoms with van der Waals surface area (Å²) in [6, 6.07) is 0. The summed E-state index contributed by atoms with van der Waals surface area (Å²) in [5, 5.41) is 0. The maximum Gasteiger partial charge on any atom is 0.0502 e. The van der Waals surface area contributed by atoms with E-state index in [1.165, 1.54) is 51.7 Å². The van der Waals surface area contributed by atoms with Crippen LogP contribution in [-0.2, 0) is 4.74 Å². The lowest BCUT2D eigenvalue weighted by atomic mass is 9.69. The van der Waals surface area contributed by atoms with E-state index in [-0.39, 0.29) is 0 Å². The fourth-order valence-corrected chi connectivity index (χ4v) is 3.60. The van der Waals surface area contributed by atoms with E-state index in [0.717, 1.165) is 18.3 Å². The van der Waals surface area contributed by atoms with Crippen LogP contribution in [0.25, 0.3) is 0 Å². The Morgan fingerprint density at radius 2 is 2.19 bits per heavy atom. The number of nitrogens with zero attached hydrogens (tertiary/aromatic N) is 1. The van der Waals surface area contributed by atoms with Gasteiger partial charge in [0.1, 0.15) is 0 Å². The Morgan fingerprint density at radius 3 is 2.75 bits per heavy atom. The average molecular weight is 243 g/mol. The number of hydrogen-bond acceptors (Lipinski definition) is 3. The van der Waals surface area contributed by atoms with Crippen molar-refractivity contribution in [3.05, 3.63) is 0 Å². The summed E-state index contributed by atoms with van der Waals surface area (Å²) >= 11 is 4.54. The quantitative estimate of drug-likeness (QED) is 0.745. The van der Waals surface area contributed by atoms with Crippen molar-refractivity contribution in [1.29, 1.82) is 0 Å². The predicted octanol–water partition coefficient (Wildman–Crippen LogP) is 2.44. The fourth-order valence-electron chi connectivity index (χ4n) is 3.18. The highest BCUT2D eigenvalue weighted by Gasteiger charge is 2.37. The van der Waals surface area contributed by atoms with Crippen molar-refractivity contribution in [1.82, 2.24) is 4.90 Å². The molecule has 0 aromatic rings.